The average molecular weight is 308 g/mol. The molecular weight excluding hydrogens is 289 g/mol. The first-order chi connectivity index (χ1) is 8.91. The number of anilines is 1. The van der Waals surface area contributed by atoms with E-state index in [1.165, 1.54) is 0 Å². The highest BCUT2D eigenvalue weighted by atomic mass is 32.1. The van der Waals surface area contributed by atoms with Gasteiger partial charge in [-0.1, -0.05) is 11.3 Å². The smallest absolute Gasteiger partial charge is 0.375 e. The summed E-state index contributed by atoms with van der Waals surface area (Å²) < 4.78 is 10.4. The fourth-order valence-electron chi connectivity index (χ4n) is 1.41. The maximum absolute atomic E-state index is 11.9. The molecule has 1 aromatic rings. The van der Waals surface area contributed by atoms with E-state index in [0.29, 0.717) is 28.9 Å². The van der Waals surface area contributed by atoms with Crippen molar-refractivity contribution in [3.8, 4) is 0 Å². The number of hydrogen-bond acceptors (Lipinski definition) is 7. The minimum Gasteiger partial charge on any atom is -0.375 e. The zero-order valence-electron chi connectivity index (χ0n) is 11.2. The van der Waals surface area contributed by atoms with Crippen LogP contribution in [-0.4, -0.2) is 35.3 Å². The molecule has 0 bridgehead atoms. The van der Waals surface area contributed by atoms with Crippen molar-refractivity contribution in [3.63, 3.8) is 0 Å². The monoisotopic (exact) mass is 308 g/mol. The number of nitrogens with two attached hydrogens (primary N) is 1. The summed E-state index contributed by atoms with van der Waals surface area (Å²) in [4.78, 5) is 26.4. The van der Waals surface area contributed by atoms with Gasteiger partial charge in [-0.3, -0.25) is 4.79 Å². The molecule has 0 fully saturated rings. The molecule has 0 spiro atoms. The minimum absolute atomic E-state index is 0.0647. The van der Waals surface area contributed by atoms with E-state index >= 15 is 0 Å². The first kappa shape index (κ1) is 16.3. The average Bonchev–Trinajstić information content (AvgIpc) is 2.66. The molecule has 108 valence electrons. The van der Waals surface area contributed by atoms with E-state index in [2.05, 4.69) is 10.3 Å². The van der Waals surface area contributed by atoms with Gasteiger partial charge in [0.2, 0.25) is 6.29 Å². The van der Waals surface area contributed by atoms with E-state index in [1.54, 1.807) is 20.8 Å². The summed E-state index contributed by atoms with van der Waals surface area (Å²) in [5.41, 5.74) is 6.09. The van der Waals surface area contributed by atoms with Crippen molar-refractivity contribution in [3.05, 3.63) is 10.6 Å². The van der Waals surface area contributed by atoms with Gasteiger partial charge in [0.05, 0.1) is 18.9 Å². The summed E-state index contributed by atoms with van der Waals surface area (Å²) in [6.07, 6.45) is -0.0647. The first-order valence-electron chi connectivity index (χ1n) is 5.82. The zero-order chi connectivity index (χ0) is 14.5. The van der Waals surface area contributed by atoms with Gasteiger partial charge in [-0.05, 0) is 20.8 Å². The lowest BCUT2D eigenvalue weighted by atomic mass is 10.4. The SMILES string of the molecule is CCO[P+](O)(CNC(=O)c1sc(N)nc1C)OCC. The molecule has 0 saturated heterocycles. The lowest BCUT2D eigenvalue weighted by molar-refractivity contribution is 0.0953. The van der Waals surface area contributed by atoms with E-state index < -0.39 is 7.94 Å². The Morgan fingerprint density at radius 3 is 2.47 bits per heavy atom. The van der Waals surface area contributed by atoms with Crippen molar-refractivity contribution in [1.29, 1.82) is 0 Å². The predicted molar refractivity (Wildman–Crippen MR) is 76.0 cm³/mol. The number of aryl methyl sites for hydroxylation is 1. The van der Waals surface area contributed by atoms with E-state index in [4.69, 9.17) is 14.8 Å². The highest BCUT2D eigenvalue weighted by Crippen LogP contribution is 2.55. The van der Waals surface area contributed by atoms with Crippen molar-refractivity contribution in [2.75, 3.05) is 25.2 Å². The van der Waals surface area contributed by atoms with Crippen LogP contribution in [0.3, 0.4) is 0 Å². The maximum Gasteiger partial charge on any atom is 0.429 e. The molecule has 7 nitrogen and oxygen atoms in total. The van der Waals surface area contributed by atoms with Crippen LogP contribution in [0.4, 0.5) is 5.13 Å². The highest BCUT2D eigenvalue weighted by Gasteiger charge is 2.40. The number of rotatable bonds is 7. The molecule has 1 aromatic heterocycles. The molecule has 9 heteroatoms. The molecule has 0 unspecified atom stereocenters. The molecular formula is C10H19N3O4PS+. The van der Waals surface area contributed by atoms with Gasteiger partial charge in [-0.2, -0.15) is 13.9 Å². The van der Waals surface area contributed by atoms with Gasteiger partial charge in [0, 0.05) is 0 Å². The number of nitrogens with zero attached hydrogens (tertiary/aromatic N) is 1. The van der Waals surface area contributed by atoms with Crippen LogP contribution < -0.4 is 11.1 Å². The Kier molecular flexibility index (Phi) is 6.09. The highest BCUT2D eigenvalue weighted by molar-refractivity contribution is 7.60. The summed E-state index contributed by atoms with van der Waals surface area (Å²) >= 11 is 1.10. The third kappa shape index (κ3) is 4.67. The molecule has 0 aliphatic carbocycles. The van der Waals surface area contributed by atoms with Crippen LogP contribution in [0.1, 0.15) is 29.2 Å². The van der Waals surface area contributed by atoms with Gasteiger partial charge < -0.3 is 11.1 Å². The molecule has 0 aromatic carbocycles. The summed E-state index contributed by atoms with van der Waals surface area (Å²) in [7, 11) is -3.03. The molecule has 1 rings (SSSR count). The normalized spacial score (nSPS) is 11.6. The van der Waals surface area contributed by atoms with E-state index in [1.807, 2.05) is 0 Å². The number of carbonyl (C=O) groups excluding carboxylic acids is 1. The summed E-state index contributed by atoms with van der Waals surface area (Å²) in [5.74, 6) is -0.343. The third-order valence-electron chi connectivity index (χ3n) is 2.12. The van der Waals surface area contributed by atoms with Crippen LogP contribution >= 0.6 is 19.3 Å². The number of aromatic nitrogens is 1. The van der Waals surface area contributed by atoms with Crippen molar-refractivity contribution in [1.82, 2.24) is 10.3 Å². The Morgan fingerprint density at radius 2 is 2.05 bits per heavy atom. The lowest BCUT2D eigenvalue weighted by Crippen LogP contribution is -2.27. The molecule has 0 saturated carbocycles. The standard InChI is InChI=1S/C10H18N3O4PS/c1-4-16-18(15,17-5-2)6-12-9(14)8-7(3)13-10(11)19-8/h15H,4-6H2,1-3H3,(H2-,11,12,13,14)/p+1. The maximum atomic E-state index is 11.9. The van der Waals surface area contributed by atoms with Gasteiger partial charge in [0.1, 0.15) is 4.88 Å². The molecule has 19 heavy (non-hydrogen) atoms. The second-order valence-corrected chi connectivity index (χ2v) is 6.74. The van der Waals surface area contributed by atoms with E-state index in [0.717, 1.165) is 11.3 Å². The molecule has 1 heterocycles. The number of hydrogen-bond donors (Lipinski definition) is 3. The third-order valence-corrected chi connectivity index (χ3v) is 4.99. The quantitative estimate of drug-likeness (QED) is 0.660. The molecule has 4 N–H and O–H groups in total. The Morgan fingerprint density at radius 1 is 1.47 bits per heavy atom. The van der Waals surface area contributed by atoms with Crippen LogP contribution in [-0.2, 0) is 9.05 Å². The Labute approximate surface area is 116 Å². The van der Waals surface area contributed by atoms with Crippen molar-refractivity contribution in [2.45, 2.75) is 20.8 Å². The number of amides is 1. The zero-order valence-corrected chi connectivity index (χ0v) is 12.9. The fraction of sp³-hybridized carbons (Fsp3) is 0.600. The Balaban J connectivity index is 2.64. The van der Waals surface area contributed by atoms with Crippen LogP contribution in [0.25, 0.3) is 0 Å². The lowest BCUT2D eigenvalue weighted by Gasteiger charge is -2.15. The number of thiazole rings is 1. The second-order valence-electron chi connectivity index (χ2n) is 3.60. The summed E-state index contributed by atoms with van der Waals surface area (Å²) in [6, 6.07) is 0. The van der Waals surface area contributed by atoms with Crippen molar-refractivity contribution >= 4 is 30.3 Å². The van der Waals surface area contributed by atoms with Crippen LogP contribution in [0.5, 0.6) is 0 Å². The fourth-order valence-corrected chi connectivity index (χ4v) is 3.57. The van der Waals surface area contributed by atoms with Gasteiger partial charge in [-0.15, -0.1) is 0 Å². The van der Waals surface area contributed by atoms with E-state index in [-0.39, 0.29) is 12.2 Å². The Bertz CT molecular complexity index is 434. The van der Waals surface area contributed by atoms with E-state index in [9.17, 15) is 9.69 Å². The van der Waals surface area contributed by atoms with Gasteiger partial charge >= 0.3 is 7.94 Å². The van der Waals surface area contributed by atoms with Crippen molar-refractivity contribution in [2.24, 2.45) is 0 Å². The Hall–Kier alpha value is -0.790. The summed E-state index contributed by atoms with van der Waals surface area (Å²) in [5, 5.41) is 2.92. The van der Waals surface area contributed by atoms with Gasteiger partial charge in [0.15, 0.2) is 5.13 Å². The van der Waals surface area contributed by atoms with Crippen molar-refractivity contribution < 1.29 is 18.7 Å². The largest absolute Gasteiger partial charge is 0.429 e. The van der Waals surface area contributed by atoms with Gasteiger partial charge in [-0.25, -0.2) is 4.98 Å². The number of carbonyl (C=O) groups is 1. The number of nitrogens with one attached hydrogen (secondary N) is 1. The summed E-state index contributed by atoms with van der Waals surface area (Å²) in [6.45, 7) is 5.83. The molecule has 0 aliphatic heterocycles. The molecule has 0 atom stereocenters. The minimum atomic E-state index is -3.03. The van der Waals surface area contributed by atoms with Crippen LogP contribution in [0.2, 0.25) is 0 Å². The second kappa shape index (κ2) is 7.12. The predicted octanol–water partition coefficient (Wildman–Crippen LogP) is 1.55. The van der Waals surface area contributed by atoms with Gasteiger partial charge in [0.25, 0.3) is 5.91 Å². The van der Waals surface area contributed by atoms with Crippen LogP contribution in [0, 0.1) is 6.92 Å². The van der Waals surface area contributed by atoms with Crippen LogP contribution in [0.15, 0.2) is 0 Å². The molecule has 0 radical (unpaired) electrons. The molecule has 1 amide bonds. The molecule has 0 aliphatic rings. The number of nitrogen functional groups attached to an aromatic ring is 1. The first-order valence-corrected chi connectivity index (χ1v) is 8.40. The topological polar surface area (TPSA) is 107 Å².